The number of hydrogen-bond donors (Lipinski definition) is 5. The standard InChI is InChI=1S/C48H72N6O12S/c1-13-30(5)35(26-41(57)48(8,9)53(10)11)46(61)54(12)38(29(3)4)27-40(66-32(7)55)45-52-37(28-67-45)44(60)50-34(23-31(6)47(62)63)24-33-15-16-39(56)36(25-33)51-43(59)17-19-64-21-22-65-20-18-49-42(58)14-2/h2,15-16,25,28-31,34-35,38,40,56H,13,17-24,26-27H2,1,3-12H3,(H,49,58)(H,50,60)(H,51,59)(H,62,63)/t30-,31?,34+,35-,38+,40+/m0/s1. The van der Waals surface area contributed by atoms with Crippen LogP contribution in [0.1, 0.15) is 115 Å². The number of nitrogens with one attached hydrogen (secondary N) is 3. The van der Waals surface area contributed by atoms with Gasteiger partial charge in [0.1, 0.15) is 16.5 Å². The van der Waals surface area contributed by atoms with Crippen molar-refractivity contribution in [2.45, 2.75) is 118 Å². The van der Waals surface area contributed by atoms with E-state index in [2.05, 4.69) is 20.9 Å². The van der Waals surface area contributed by atoms with Crippen LogP contribution in [-0.2, 0) is 49.4 Å². The summed E-state index contributed by atoms with van der Waals surface area (Å²) in [6, 6.07) is 3.34. The molecule has 2 aromatic rings. The second kappa shape index (κ2) is 28.0. The smallest absolute Gasteiger partial charge is 0.306 e. The summed E-state index contributed by atoms with van der Waals surface area (Å²) in [6.45, 7) is 15.3. The van der Waals surface area contributed by atoms with Gasteiger partial charge in [-0.3, -0.25) is 38.5 Å². The summed E-state index contributed by atoms with van der Waals surface area (Å²) in [5, 5.41) is 30.2. The number of phenols is 1. The number of Topliss-reactive ketones (excluding diaryl/α,β-unsaturated/α-hetero) is 1. The number of benzene rings is 1. The summed E-state index contributed by atoms with van der Waals surface area (Å²) in [7, 11) is 5.36. The van der Waals surface area contributed by atoms with E-state index in [0.717, 1.165) is 11.3 Å². The van der Waals surface area contributed by atoms with Gasteiger partial charge in [0.25, 0.3) is 11.8 Å². The normalized spacial score (nSPS) is 14.2. The summed E-state index contributed by atoms with van der Waals surface area (Å²) in [6.07, 6.45) is 5.10. The Morgan fingerprint density at radius 3 is 2.21 bits per heavy atom. The minimum absolute atomic E-state index is 0.00973. The van der Waals surface area contributed by atoms with Crippen molar-refractivity contribution in [3.63, 3.8) is 0 Å². The molecule has 1 aromatic carbocycles. The molecule has 0 spiro atoms. The molecule has 0 aliphatic rings. The maximum atomic E-state index is 14.3. The number of aliphatic carboxylic acids is 1. The van der Waals surface area contributed by atoms with Crippen molar-refractivity contribution in [3.05, 3.63) is 39.8 Å². The lowest BCUT2D eigenvalue weighted by atomic mass is 9.81. The zero-order valence-corrected chi connectivity index (χ0v) is 41.7. The summed E-state index contributed by atoms with van der Waals surface area (Å²) in [4.78, 5) is 97.9. The number of likely N-dealkylation sites (N-methyl/N-ethyl adjacent to an activating group) is 1. The number of anilines is 1. The number of ether oxygens (including phenoxy) is 3. The van der Waals surface area contributed by atoms with Crippen molar-refractivity contribution >= 4 is 58.4 Å². The first-order valence-corrected chi connectivity index (χ1v) is 23.5. The third kappa shape index (κ3) is 19.0. The minimum Gasteiger partial charge on any atom is -0.506 e. The number of carbonyl (C=O) groups excluding carboxylic acids is 6. The van der Waals surface area contributed by atoms with Crippen LogP contribution in [0.25, 0.3) is 0 Å². The van der Waals surface area contributed by atoms with Crippen molar-refractivity contribution in [2.24, 2.45) is 23.7 Å². The molecule has 5 N–H and O–H groups in total. The molecule has 0 aliphatic carbocycles. The lowest BCUT2D eigenvalue weighted by Crippen LogP contribution is -2.50. The van der Waals surface area contributed by atoms with Gasteiger partial charge >= 0.3 is 11.9 Å². The number of aromatic nitrogens is 1. The second-order valence-electron chi connectivity index (χ2n) is 17.9. The number of phenolic OH excluding ortho intramolecular Hbond substituents is 1. The number of carboxylic acids is 1. The van der Waals surface area contributed by atoms with Crippen molar-refractivity contribution < 1.29 is 58.0 Å². The predicted molar refractivity (Wildman–Crippen MR) is 254 cm³/mol. The Hall–Kier alpha value is -5.42. The number of terminal acetylenes is 1. The number of thiazole rings is 1. The van der Waals surface area contributed by atoms with Gasteiger partial charge < -0.3 is 45.3 Å². The Balaban J connectivity index is 2.24. The molecule has 0 saturated heterocycles. The monoisotopic (exact) mass is 956 g/mol. The van der Waals surface area contributed by atoms with Crippen molar-refractivity contribution in [3.8, 4) is 18.1 Å². The summed E-state index contributed by atoms with van der Waals surface area (Å²) < 4.78 is 16.6. The lowest BCUT2D eigenvalue weighted by Gasteiger charge is -2.38. The van der Waals surface area contributed by atoms with Crippen molar-refractivity contribution in [2.75, 3.05) is 59.4 Å². The van der Waals surface area contributed by atoms with Crippen LogP contribution in [0.5, 0.6) is 5.75 Å². The molecule has 6 atom stereocenters. The largest absolute Gasteiger partial charge is 0.506 e. The molecule has 0 saturated carbocycles. The van der Waals surface area contributed by atoms with E-state index >= 15 is 0 Å². The van der Waals surface area contributed by atoms with Gasteiger partial charge in [0, 0.05) is 56.7 Å². The molecule has 0 radical (unpaired) electrons. The molecule has 1 heterocycles. The minimum atomic E-state index is -1.07. The van der Waals surface area contributed by atoms with E-state index in [0.29, 0.717) is 17.0 Å². The van der Waals surface area contributed by atoms with Gasteiger partial charge in [0.05, 0.1) is 50.0 Å². The van der Waals surface area contributed by atoms with Gasteiger partial charge in [-0.1, -0.05) is 47.1 Å². The molecule has 1 unspecified atom stereocenters. The fraction of sp³-hybridized carbons (Fsp3) is 0.625. The Morgan fingerprint density at radius 2 is 1.63 bits per heavy atom. The maximum absolute atomic E-state index is 14.3. The zero-order valence-electron chi connectivity index (χ0n) is 40.9. The van der Waals surface area contributed by atoms with Crippen LogP contribution in [0, 0.1) is 36.0 Å². The van der Waals surface area contributed by atoms with Crippen LogP contribution in [0.3, 0.4) is 0 Å². The Labute approximate surface area is 399 Å². The van der Waals surface area contributed by atoms with Crippen LogP contribution in [0.2, 0.25) is 0 Å². The molecular weight excluding hydrogens is 885 g/mol. The average molecular weight is 957 g/mol. The quantitative estimate of drug-likeness (QED) is 0.0305. The van der Waals surface area contributed by atoms with Crippen LogP contribution >= 0.6 is 11.3 Å². The van der Waals surface area contributed by atoms with Gasteiger partial charge in [0.2, 0.25) is 11.8 Å². The topological polar surface area (TPSA) is 243 Å². The first-order chi connectivity index (χ1) is 31.4. The van der Waals surface area contributed by atoms with E-state index in [9.17, 15) is 43.8 Å². The van der Waals surface area contributed by atoms with Crippen LogP contribution in [0.4, 0.5) is 5.69 Å². The Kier molecular flexibility index (Phi) is 24.1. The number of esters is 1. The average Bonchev–Trinajstić information content (AvgIpc) is 3.77. The number of carbonyl (C=O) groups is 7. The molecule has 0 fully saturated rings. The van der Waals surface area contributed by atoms with E-state index in [-0.39, 0.29) is 106 Å². The SMILES string of the molecule is C#CC(=O)NCCOCCOCCC(=O)Nc1cc(C[C@@H](CC(C)C(=O)O)NC(=O)c2csc([C@@H](C[C@H](C(C)C)N(C)C(=O)[C@@H](CC(=O)C(C)(C)N(C)C)[C@@H](C)CC)OC(C)=O)n2)ccc1O. The number of ketones is 1. The molecule has 19 heteroatoms. The van der Waals surface area contributed by atoms with E-state index in [1.165, 1.54) is 31.4 Å². The van der Waals surface area contributed by atoms with Gasteiger partial charge in [-0.05, 0) is 76.2 Å². The number of aromatic hydroxyl groups is 1. The molecule has 18 nitrogen and oxygen atoms in total. The van der Waals surface area contributed by atoms with E-state index < -0.39 is 65.2 Å². The summed E-state index contributed by atoms with van der Waals surface area (Å²) >= 11 is 1.11. The molecule has 0 bridgehead atoms. The zero-order chi connectivity index (χ0) is 50.6. The number of amides is 4. The highest BCUT2D eigenvalue weighted by Gasteiger charge is 2.39. The molecule has 67 heavy (non-hydrogen) atoms. The van der Waals surface area contributed by atoms with Gasteiger partial charge in [-0.25, -0.2) is 4.98 Å². The van der Waals surface area contributed by atoms with Gasteiger partial charge in [0.15, 0.2) is 11.9 Å². The number of nitrogens with zero attached hydrogens (tertiary/aromatic N) is 3. The Bertz CT molecular complexity index is 2030. The third-order valence-corrected chi connectivity index (χ3v) is 12.9. The second-order valence-corrected chi connectivity index (χ2v) is 18.8. The molecule has 2 rings (SSSR count). The van der Waals surface area contributed by atoms with E-state index in [1.54, 1.807) is 18.0 Å². The summed E-state index contributed by atoms with van der Waals surface area (Å²) in [5.41, 5.74) is -0.0725. The summed E-state index contributed by atoms with van der Waals surface area (Å²) in [5.74, 6) is -3.35. The van der Waals surface area contributed by atoms with Crippen LogP contribution in [0.15, 0.2) is 23.6 Å². The molecular formula is C48H72N6O12S. The first kappa shape index (κ1) is 57.7. The molecule has 1 aromatic heterocycles. The fourth-order valence-corrected chi connectivity index (χ4v) is 7.88. The van der Waals surface area contributed by atoms with Crippen molar-refractivity contribution in [1.29, 1.82) is 0 Å². The van der Waals surface area contributed by atoms with Crippen LogP contribution < -0.4 is 16.0 Å². The molecule has 4 amide bonds. The van der Waals surface area contributed by atoms with E-state index in [4.69, 9.17) is 20.6 Å². The number of rotatable bonds is 30. The van der Waals surface area contributed by atoms with Gasteiger partial charge in [-0.2, -0.15) is 0 Å². The highest BCUT2D eigenvalue weighted by atomic mass is 32.1. The van der Waals surface area contributed by atoms with Crippen LogP contribution in [-0.4, -0.2) is 138 Å². The first-order valence-electron chi connectivity index (χ1n) is 22.6. The number of hydrogen-bond acceptors (Lipinski definition) is 14. The Morgan fingerprint density at radius 1 is 0.970 bits per heavy atom. The van der Waals surface area contributed by atoms with Crippen molar-refractivity contribution in [1.82, 2.24) is 25.4 Å². The highest BCUT2D eigenvalue weighted by Crippen LogP contribution is 2.33. The maximum Gasteiger partial charge on any atom is 0.306 e. The molecule has 372 valence electrons. The number of carboxylic acid groups (broad SMARTS) is 1. The highest BCUT2D eigenvalue weighted by molar-refractivity contribution is 7.09. The lowest BCUT2D eigenvalue weighted by molar-refractivity contribution is -0.150. The van der Waals surface area contributed by atoms with E-state index in [1.807, 2.05) is 66.5 Å². The third-order valence-electron chi connectivity index (χ3n) is 12.0. The fourth-order valence-electron chi connectivity index (χ4n) is 7.04. The molecule has 0 aliphatic heterocycles. The predicted octanol–water partition coefficient (Wildman–Crippen LogP) is 4.85. The van der Waals surface area contributed by atoms with Gasteiger partial charge in [-0.15, -0.1) is 17.8 Å².